The molecule has 29 heavy (non-hydrogen) atoms. The summed E-state index contributed by atoms with van der Waals surface area (Å²) in [4.78, 5) is 18.9. The predicted molar refractivity (Wildman–Crippen MR) is 108 cm³/mol. The van der Waals surface area contributed by atoms with Crippen LogP contribution in [-0.4, -0.2) is 61.4 Å². The van der Waals surface area contributed by atoms with Gasteiger partial charge in [-0.05, 0) is 54.7 Å². The van der Waals surface area contributed by atoms with E-state index in [2.05, 4.69) is 4.98 Å². The monoisotopic (exact) mass is 415 g/mol. The van der Waals surface area contributed by atoms with Crippen molar-refractivity contribution in [3.05, 3.63) is 59.4 Å². The average molecular weight is 416 g/mol. The fraction of sp³-hybridized carbons (Fsp3) is 0.429. The summed E-state index contributed by atoms with van der Waals surface area (Å²) in [5, 5.41) is 0. The van der Waals surface area contributed by atoms with Gasteiger partial charge >= 0.3 is 0 Å². The maximum atomic E-state index is 13.2. The van der Waals surface area contributed by atoms with E-state index < -0.39 is 10.0 Å². The number of aromatic nitrogens is 1. The summed E-state index contributed by atoms with van der Waals surface area (Å²) in [7, 11) is -2.00. The molecule has 0 saturated carbocycles. The second-order valence-electron chi connectivity index (χ2n) is 7.49. The zero-order valence-electron chi connectivity index (χ0n) is 16.5. The van der Waals surface area contributed by atoms with Gasteiger partial charge in [-0.1, -0.05) is 12.1 Å². The lowest BCUT2D eigenvalue weighted by atomic mass is 9.99. The Morgan fingerprint density at radius 2 is 2.07 bits per heavy atom. The predicted octanol–water partition coefficient (Wildman–Crippen LogP) is 2.08. The molecule has 1 saturated heterocycles. The molecule has 1 aromatic heterocycles. The molecule has 2 aliphatic rings. The fourth-order valence-corrected chi connectivity index (χ4v) is 5.87. The highest BCUT2D eigenvalue weighted by molar-refractivity contribution is 7.89. The van der Waals surface area contributed by atoms with Gasteiger partial charge in [0.25, 0.3) is 5.91 Å². The number of sulfonamides is 1. The molecule has 3 heterocycles. The molecule has 0 unspecified atom stereocenters. The standard InChI is InChI=1S/C21H25N3O4S/c1-28-15-18-5-4-11-24(18)29(26,27)19-8-7-16-9-12-23(14-17(16)13-19)21(25)20-6-2-3-10-22-20/h2-3,6-8,10,13,18H,4-5,9,11-12,14-15H2,1H3/t18-/m1/s1. The second kappa shape index (κ2) is 8.22. The molecule has 0 radical (unpaired) electrons. The van der Waals surface area contributed by atoms with Crippen molar-refractivity contribution in [2.24, 2.45) is 0 Å². The van der Waals surface area contributed by atoms with Crippen molar-refractivity contribution in [1.82, 2.24) is 14.2 Å². The number of carbonyl (C=O) groups excluding carboxylic acids is 1. The summed E-state index contributed by atoms with van der Waals surface area (Å²) < 4.78 is 33.2. The normalized spacial score (nSPS) is 19.9. The number of hydrogen-bond acceptors (Lipinski definition) is 5. The van der Waals surface area contributed by atoms with Crippen LogP contribution in [0.2, 0.25) is 0 Å². The summed E-state index contributed by atoms with van der Waals surface area (Å²) in [5.74, 6) is -0.135. The van der Waals surface area contributed by atoms with Gasteiger partial charge in [-0.2, -0.15) is 4.31 Å². The Balaban J connectivity index is 1.58. The van der Waals surface area contributed by atoms with Gasteiger partial charge in [0.2, 0.25) is 10.0 Å². The first-order valence-electron chi connectivity index (χ1n) is 9.83. The zero-order valence-corrected chi connectivity index (χ0v) is 17.3. The minimum absolute atomic E-state index is 0.122. The van der Waals surface area contributed by atoms with E-state index in [0.717, 1.165) is 24.0 Å². The molecule has 154 valence electrons. The molecule has 1 fully saturated rings. The Morgan fingerprint density at radius 3 is 2.83 bits per heavy atom. The molecular formula is C21H25N3O4S. The fourth-order valence-electron chi connectivity index (χ4n) is 4.14. The van der Waals surface area contributed by atoms with E-state index >= 15 is 0 Å². The Kier molecular flexibility index (Phi) is 5.67. The van der Waals surface area contributed by atoms with Gasteiger partial charge in [-0.25, -0.2) is 8.42 Å². The minimum atomic E-state index is -3.60. The lowest BCUT2D eigenvalue weighted by Gasteiger charge is -2.29. The van der Waals surface area contributed by atoms with E-state index in [-0.39, 0.29) is 16.8 Å². The average Bonchev–Trinajstić information content (AvgIpc) is 3.22. The van der Waals surface area contributed by atoms with Gasteiger partial charge in [0.1, 0.15) is 5.69 Å². The zero-order chi connectivity index (χ0) is 20.4. The first-order valence-corrected chi connectivity index (χ1v) is 11.3. The Bertz CT molecular complexity index is 994. The molecule has 1 aromatic carbocycles. The third-order valence-corrected chi connectivity index (χ3v) is 7.60. The van der Waals surface area contributed by atoms with Crippen LogP contribution in [-0.2, 0) is 27.7 Å². The first-order chi connectivity index (χ1) is 14.0. The highest BCUT2D eigenvalue weighted by atomic mass is 32.2. The number of hydrogen-bond donors (Lipinski definition) is 0. The molecule has 1 amide bonds. The molecule has 0 N–H and O–H groups in total. The number of rotatable bonds is 5. The maximum Gasteiger partial charge on any atom is 0.272 e. The number of methoxy groups -OCH3 is 1. The van der Waals surface area contributed by atoms with Crippen molar-refractivity contribution in [2.75, 3.05) is 26.8 Å². The van der Waals surface area contributed by atoms with Crippen LogP contribution in [0.25, 0.3) is 0 Å². The molecular weight excluding hydrogens is 390 g/mol. The van der Waals surface area contributed by atoms with Crippen LogP contribution in [0.15, 0.2) is 47.5 Å². The topological polar surface area (TPSA) is 79.8 Å². The molecule has 2 aliphatic heterocycles. The highest BCUT2D eigenvalue weighted by Gasteiger charge is 2.35. The smallest absolute Gasteiger partial charge is 0.272 e. The van der Waals surface area contributed by atoms with Crippen LogP contribution in [0.4, 0.5) is 0 Å². The van der Waals surface area contributed by atoms with E-state index in [9.17, 15) is 13.2 Å². The van der Waals surface area contributed by atoms with Gasteiger partial charge in [-0.15, -0.1) is 0 Å². The molecule has 0 bridgehead atoms. The van der Waals surface area contributed by atoms with E-state index in [0.29, 0.717) is 38.4 Å². The van der Waals surface area contributed by atoms with Crippen molar-refractivity contribution in [3.63, 3.8) is 0 Å². The van der Waals surface area contributed by atoms with Gasteiger partial charge in [0, 0.05) is 39.0 Å². The van der Waals surface area contributed by atoms with Crippen LogP contribution < -0.4 is 0 Å². The highest BCUT2D eigenvalue weighted by Crippen LogP contribution is 2.29. The van der Waals surface area contributed by atoms with E-state index in [1.807, 2.05) is 6.07 Å². The third kappa shape index (κ3) is 3.92. The van der Waals surface area contributed by atoms with Crippen molar-refractivity contribution in [3.8, 4) is 0 Å². The van der Waals surface area contributed by atoms with Gasteiger partial charge in [0.15, 0.2) is 0 Å². The van der Waals surface area contributed by atoms with Crippen molar-refractivity contribution in [1.29, 1.82) is 0 Å². The van der Waals surface area contributed by atoms with E-state index in [4.69, 9.17) is 4.74 Å². The molecule has 0 spiro atoms. The number of ether oxygens (including phenoxy) is 1. The largest absolute Gasteiger partial charge is 0.383 e. The molecule has 4 rings (SSSR count). The van der Waals surface area contributed by atoms with E-state index in [1.165, 1.54) is 0 Å². The quantitative estimate of drug-likeness (QED) is 0.747. The number of fused-ring (bicyclic) bond motifs is 1. The van der Waals surface area contributed by atoms with Crippen LogP contribution in [0.5, 0.6) is 0 Å². The molecule has 8 heteroatoms. The summed E-state index contributed by atoms with van der Waals surface area (Å²) in [5.41, 5.74) is 2.37. The maximum absolute atomic E-state index is 13.2. The number of nitrogens with zero attached hydrogens (tertiary/aromatic N) is 3. The molecule has 7 nitrogen and oxygen atoms in total. The van der Waals surface area contributed by atoms with Crippen LogP contribution >= 0.6 is 0 Å². The molecule has 1 atom stereocenters. The van der Waals surface area contributed by atoms with Gasteiger partial charge in [-0.3, -0.25) is 9.78 Å². The lowest BCUT2D eigenvalue weighted by molar-refractivity contribution is 0.0728. The van der Waals surface area contributed by atoms with Gasteiger partial charge in [0.05, 0.1) is 11.5 Å². The number of carbonyl (C=O) groups is 1. The van der Waals surface area contributed by atoms with Crippen LogP contribution in [0, 0.1) is 0 Å². The van der Waals surface area contributed by atoms with Crippen LogP contribution in [0.1, 0.15) is 34.5 Å². The van der Waals surface area contributed by atoms with Crippen molar-refractivity contribution >= 4 is 15.9 Å². The first kappa shape index (κ1) is 20.0. The second-order valence-corrected chi connectivity index (χ2v) is 9.38. The molecule has 0 aliphatic carbocycles. The van der Waals surface area contributed by atoms with Gasteiger partial charge < -0.3 is 9.64 Å². The summed E-state index contributed by atoms with van der Waals surface area (Å²) >= 11 is 0. The van der Waals surface area contributed by atoms with E-state index in [1.54, 1.807) is 52.8 Å². The summed E-state index contributed by atoms with van der Waals surface area (Å²) in [6.45, 7) is 1.89. The number of benzene rings is 1. The van der Waals surface area contributed by atoms with Crippen LogP contribution in [0.3, 0.4) is 0 Å². The number of pyridine rings is 1. The Morgan fingerprint density at radius 1 is 1.21 bits per heavy atom. The molecule has 2 aromatic rings. The summed E-state index contributed by atoms with van der Waals surface area (Å²) in [6.07, 6.45) is 3.95. The SMILES string of the molecule is COC[C@H]1CCCN1S(=O)(=O)c1ccc2c(c1)CN(C(=O)c1ccccn1)CC2. The Hall–Kier alpha value is -2.29. The number of amides is 1. The third-order valence-electron chi connectivity index (χ3n) is 5.65. The summed E-state index contributed by atoms with van der Waals surface area (Å²) in [6, 6.07) is 10.4. The Labute approximate surface area is 171 Å². The van der Waals surface area contributed by atoms with Crippen molar-refractivity contribution in [2.45, 2.75) is 36.7 Å². The minimum Gasteiger partial charge on any atom is -0.383 e. The van der Waals surface area contributed by atoms with Crippen molar-refractivity contribution < 1.29 is 17.9 Å². The lowest BCUT2D eigenvalue weighted by Crippen LogP contribution is -2.38.